The van der Waals surface area contributed by atoms with Crippen molar-refractivity contribution in [3.8, 4) is 11.8 Å². The second-order valence-corrected chi connectivity index (χ2v) is 16.6. The molecule has 13 nitrogen and oxygen atoms in total. The van der Waals surface area contributed by atoms with E-state index >= 15 is 0 Å². The highest BCUT2D eigenvalue weighted by Gasteiger charge is 2.48. The normalized spacial score (nSPS) is 22.5. The van der Waals surface area contributed by atoms with Crippen LogP contribution in [0.4, 0.5) is 0 Å². The zero-order valence-electron chi connectivity index (χ0n) is 25.2. The van der Waals surface area contributed by atoms with E-state index in [-0.39, 0.29) is 15.5 Å². The number of piperazine rings is 3. The fourth-order valence-corrected chi connectivity index (χ4v) is 10.8. The summed E-state index contributed by atoms with van der Waals surface area (Å²) in [5.74, 6) is -1.21. The summed E-state index contributed by atoms with van der Waals surface area (Å²) in [6.07, 6.45) is 4.47. The van der Waals surface area contributed by atoms with Crippen LogP contribution < -0.4 is 15.2 Å². The summed E-state index contributed by atoms with van der Waals surface area (Å²) in [5.41, 5.74) is 5.82. The molecule has 242 valence electrons. The van der Waals surface area contributed by atoms with Gasteiger partial charge in [-0.2, -0.15) is 9.98 Å². The Morgan fingerprint density at radius 1 is 1.16 bits per heavy atom. The van der Waals surface area contributed by atoms with Crippen LogP contribution in [0.5, 0.6) is 5.75 Å². The fraction of sp³-hybridized carbons (Fsp3) is 0.483. The molecule has 0 spiro atoms. The summed E-state index contributed by atoms with van der Waals surface area (Å²) in [6.45, 7) is 12.5. The van der Waals surface area contributed by atoms with Crippen molar-refractivity contribution in [3.05, 3.63) is 53.3 Å². The zero-order chi connectivity index (χ0) is 32.3. The molecule has 6 rings (SSSR count). The Morgan fingerprint density at radius 3 is 2.40 bits per heavy atom. The average molecular weight is 678 g/mol. The zero-order valence-corrected chi connectivity index (χ0v) is 27.7. The minimum atomic E-state index is -4.98. The van der Waals surface area contributed by atoms with Crippen molar-refractivity contribution in [2.75, 3.05) is 65.5 Å². The topological polar surface area (TPSA) is 188 Å². The monoisotopic (exact) mass is 677 g/mol. The van der Waals surface area contributed by atoms with E-state index in [1.165, 1.54) is 68.8 Å². The Kier molecular flexibility index (Phi) is 9.98. The van der Waals surface area contributed by atoms with Crippen molar-refractivity contribution < 1.29 is 36.5 Å². The van der Waals surface area contributed by atoms with Gasteiger partial charge in [-0.1, -0.05) is 6.07 Å². The molecule has 1 atom stereocenters. The van der Waals surface area contributed by atoms with Crippen LogP contribution >= 0.6 is 18.9 Å². The van der Waals surface area contributed by atoms with Crippen LogP contribution in [0, 0.1) is 18.3 Å². The van der Waals surface area contributed by atoms with Gasteiger partial charge in [0, 0.05) is 41.2 Å². The Labute approximate surface area is 267 Å². The molecule has 1 aromatic carbocycles. The Morgan fingerprint density at radius 2 is 1.82 bits per heavy atom. The molecule has 3 aliphatic rings. The number of aryl methyl sites for hydroxylation is 1. The Bertz CT molecular complexity index is 1730. The number of fused-ring (bicyclic) bond motifs is 4. The van der Waals surface area contributed by atoms with E-state index in [1.54, 1.807) is 13.0 Å². The van der Waals surface area contributed by atoms with E-state index in [0.29, 0.717) is 28.0 Å². The highest BCUT2D eigenvalue weighted by molar-refractivity contribution is 7.92. The number of pyridine rings is 1. The largest absolute Gasteiger partial charge is 0.493 e. The van der Waals surface area contributed by atoms with Crippen LogP contribution in [0.3, 0.4) is 0 Å². The Balaban J connectivity index is 1.20. The van der Waals surface area contributed by atoms with Crippen molar-refractivity contribution in [3.63, 3.8) is 0 Å². The molecule has 0 amide bonds. The average Bonchev–Trinajstić information content (AvgIpc) is 3.37. The third-order valence-corrected chi connectivity index (χ3v) is 13.7. The van der Waals surface area contributed by atoms with Gasteiger partial charge in [-0.05, 0) is 36.8 Å². The summed E-state index contributed by atoms with van der Waals surface area (Å²) in [4.78, 5) is 27.9. The SMILES string of the molecule is Cc1c(S(=O)(=O)NC(c2ccc(C#N)nc2)P(=O)(O)O)sc2ccc(OCCC[N+]34CC[N+](CCCN=CN)(CC3)CC4)cc12. The van der Waals surface area contributed by atoms with Gasteiger partial charge in [0.15, 0.2) is 0 Å². The highest BCUT2D eigenvalue weighted by atomic mass is 32.2. The molecular weight excluding hydrogens is 637 g/mol. The minimum absolute atomic E-state index is 0.0395. The van der Waals surface area contributed by atoms with Gasteiger partial charge in [0.25, 0.3) is 10.0 Å². The number of hydrogen-bond acceptors (Lipinski definition) is 8. The molecule has 16 heteroatoms. The maximum Gasteiger partial charge on any atom is 0.347 e. The molecule has 0 saturated carbocycles. The molecule has 0 radical (unpaired) electrons. The molecule has 3 aromatic rings. The predicted octanol–water partition coefficient (Wildman–Crippen LogP) is 2.44. The molecule has 45 heavy (non-hydrogen) atoms. The number of sulfonamides is 1. The quantitative estimate of drug-likeness (QED) is 0.0653. The molecule has 1 unspecified atom stereocenters. The lowest BCUT2D eigenvalue weighted by atomic mass is 10.1. The standard InChI is InChI=1S/C29H38N7O6PS2/c1-22-26-18-25(42-17-3-10-36-14-11-35(12-15-36,13-16-36)9-2-8-32-21-31)6-7-27(26)44-29(22)45(40,41)34-28(43(37,38)39)23-4-5-24(19-30)33-20-23/h4-7,18,20-21,28,34H,2-3,8-17H2,1H3,(H2-2,31,32,37,38,39)/p+2. The summed E-state index contributed by atoms with van der Waals surface area (Å²) in [7, 11) is -9.31. The van der Waals surface area contributed by atoms with Gasteiger partial charge in [0.1, 0.15) is 66.8 Å². The lowest BCUT2D eigenvalue weighted by molar-refractivity contribution is -1.08. The van der Waals surface area contributed by atoms with Crippen LogP contribution in [0.2, 0.25) is 0 Å². The maximum absolute atomic E-state index is 13.4. The van der Waals surface area contributed by atoms with Gasteiger partial charge in [0.05, 0.1) is 26.0 Å². The summed E-state index contributed by atoms with van der Waals surface area (Å²) < 4.78 is 50.4. The molecule has 3 fully saturated rings. The van der Waals surface area contributed by atoms with Crippen molar-refractivity contribution in [1.82, 2.24) is 9.71 Å². The van der Waals surface area contributed by atoms with Gasteiger partial charge in [0.2, 0.25) is 0 Å². The lowest BCUT2D eigenvalue weighted by Crippen LogP contribution is -2.75. The molecule has 5 heterocycles. The summed E-state index contributed by atoms with van der Waals surface area (Å²) in [6, 6.07) is 9.81. The van der Waals surface area contributed by atoms with E-state index in [9.17, 15) is 22.8 Å². The summed E-state index contributed by atoms with van der Waals surface area (Å²) in [5, 5.41) is 9.67. The minimum Gasteiger partial charge on any atom is -0.493 e. The Hall–Kier alpha value is -2.93. The molecule has 5 N–H and O–H groups in total. The van der Waals surface area contributed by atoms with Crippen LogP contribution in [0.15, 0.2) is 45.7 Å². The number of ether oxygens (including phenoxy) is 1. The van der Waals surface area contributed by atoms with E-state index in [0.717, 1.165) is 47.9 Å². The van der Waals surface area contributed by atoms with Crippen LogP contribution in [0.25, 0.3) is 10.1 Å². The van der Waals surface area contributed by atoms with E-state index in [1.807, 2.05) is 18.2 Å². The second kappa shape index (κ2) is 13.4. The number of nitrogens with zero attached hydrogens (tertiary/aromatic N) is 5. The molecular formula is C29H40N7O6PS2+2. The molecule has 2 bridgehead atoms. The number of hydrogen-bond donors (Lipinski definition) is 4. The van der Waals surface area contributed by atoms with Gasteiger partial charge in [-0.15, -0.1) is 11.3 Å². The smallest absolute Gasteiger partial charge is 0.347 e. The molecule has 0 aliphatic carbocycles. The van der Waals surface area contributed by atoms with Crippen molar-refractivity contribution in [1.29, 1.82) is 5.26 Å². The first-order valence-corrected chi connectivity index (χ1v) is 18.9. The number of nitriles is 1. The number of aliphatic imine (C=N–C) groups is 1. The van der Waals surface area contributed by atoms with Gasteiger partial charge in [-0.3, -0.25) is 9.56 Å². The van der Waals surface area contributed by atoms with E-state index in [4.69, 9.17) is 15.7 Å². The summed E-state index contributed by atoms with van der Waals surface area (Å²) >= 11 is 1.02. The van der Waals surface area contributed by atoms with Crippen molar-refractivity contribution >= 4 is 45.4 Å². The van der Waals surface area contributed by atoms with Gasteiger partial charge < -0.3 is 29.2 Å². The number of benzene rings is 1. The predicted molar refractivity (Wildman–Crippen MR) is 172 cm³/mol. The first-order chi connectivity index (χ1) is 21.4. The highest BCUT2D eigenvalue weighted by Crippen LogP contribution is 2.51. The van der Waals surface area contributed by atoms with Gasteiger partial charge >= 0.3 is 7.60 Å². The van der Waals surface area contributed by atoms with Crippen LogP contribution in [-0.2, 0) is 14.6 Å². The van der Waals surface area contributed by atoms with Crippen LogP contribution in [0.1, 0.15) is 35.4 Å². The van der Waals surface area contributed by atoms with Gasteiger partial charge in [-0.25, -0.2) is 13.4 Å². The number of rotatable bonds is 14. The number of quaternary nitrogens is 2. The maximum atomic E-state index is 13.4. The van der Waals surface area contributed by atoms with Crippen LogP contribution in [-0.4, -0.2) is 104 Å². The molecule has 2 aromatic heterocycles. The first-order valence-electron chi connectivity index (χ1n) is 14.9. The number of thiophene rings is 1. The first kappa shape index (κ1) is 33.4. The lowest BCUT2D eigenvalue weighted by Gasteiger charge is -2.55. The second-order valence-electron chi connectivity index (χ2n) is 12.0. The number of nitrogens with one attached hydrogen (secondary N) is 1. The van der Waals surface area contributed by atoms with Crippen molar-refractivity contribution in [2.45, 2.75) is 29.8 Å². The third kappa shape index (κ3) is 7.56. The third-order valence-electron chi connectivity index (χ3n) is 9.14. The number of nitrogens with two attached hydrogens (primary N) is 1. The number of aromatic nitrogens is 1. The van der Waals surface area contributed by atoms with E-state index in [2.05, 4.69) is 14.7 Å². The molecule has 3 saturated heterocycles. The fourth-order valence-electron chi connectivity index (χ4n) is 6.46. The van der Waals surface area contributed by atoms with E-state index < -0.39 is 23.4 Å². The molecule has 3 aliphatic heterocycles. The van der Waals surface area contributed by atoms with Crippen molar-refractivity contribution in [2.24, 2.45) is 10.7 Å².